The van der Waals surface area contributed by atoms with Gasteiger partial charge in [0.25, 0.3) is 21.8 Å². The summed E-state index contributed by atoms with van der Waals surface area (Å²) in [7, 11) is -7.90. The molecule has 1 saturated heterocycles. The van der Waals surface area contributed by atoms with Crippen molar-refractivity contribution in [1.82, 2.24) is 9.03 Å². The zero-order chi connectivity index (χ0) is 21.4. The predicted octanol–water partition coefficient (Wildman–Crippen LogP) is 0.415. The Morgan fingerprint density at radius 1 is 1.28 bits per heavy atom. The van der Waals surface area contributed by atoms with Crippen LogP contribution >= 0.6 is 0 Å². The quantitative estimate of drug-likeness (QED) is 0.647. The van der Waals surface area contributed by atoms with Crippen LogP contribution in [-0.2, 0) is 29.6 Å². The van der Waals surface area contributed by atoms with Crippen LogP contribution in [0.3, 0.4) is 0 Å². The average molecular weight is 446 g/mol. The van der Waals surface area contributed by atoms with Crippen LogP contribution in [0.15, 0.2) is 23.1 Å². The van der Waals surface area contributed by atoms with Crippen LogP contribution in [0.1, 0.15) is 33.1 Å². The van der Waals surface area contributed by atoms with Crippen molar-refractivity contribution in [3.05, 3.63) is 18.2 Å². The molecule has 3 rings (SSSR count). The maximum Gasteiger partial charge on any atom is 0.265 e. The first-order chi connectivity index (χ1) is 13.6. The van der Waals surface area contributed by atoms with E-state index in [-0.39, 0.29) is 35.2 Å². The van der Waals surface area contributed by atoms with Gasteiger partial charge in [-0.3, -0.25) is 9.59 Å². The summed E-state index contributed by atoms with van der Waals surface area (Å²) >= 11 is 0. The lowest BCUT2D eigenvalue weighted by Crippen LogP contribution is -2.47. The molecule has 2 amide bonds. The number of nitrogens with one attached hydrogen (secondary N) is 2. The number of hydrogen-bond acceptors (Lipinski definition) is 7. The fraction of sp³-hybridized carbons (Fsp3) is 0.529. The second-order valence-corrected chi connectivity index (χ2v) is 10.7. The number of rotatable bonds is 6. The van der Waals surface area contributed by atoms with E-state index in [2.05, 4.69) is 5.32 Å². The largest absolute Gasteiger partial charge is 0.478 e. The van der Waals surface area contributed by atoms with Crippen LogP contribution in [0, 0.1) is 0 Å². The summed E-state index contributed by atoms with van der Waals surface area (Å²) in [6.07, 6.45) is 0.518. The first kappa shape index (κ1) is 21.5. The van der Waals surface area contributed by atoms with Crippen molar-refractivity contribution in [2.24, 2.45) is 0 Å². The molecule has 2 aliphatic rings. The van der Waals surface area contributed by atoms with E-state index in [0.717, 1.165) is 4.31 Å². The Balaban J connectivity index is 1.81. The minimum atomic E-state index is -4.27. The molecule has 0 aromatic heterocycles. The van der Waals surface area contributed by atoms with Crippen LogP contribution < -0.4 is 14.8 Å². The number of ether oxygens (including phenoxy) is 1. The Hall–Kier alpha value is -2.18. The van der Waals surface area contributed by atoms with Crippen LogP contribution in [0.25, 0.3) is 0 Å². The molecule has 1 fully saturated rings. The van der Waals surface area contributed by atoms with Crippen molar-refractivity contribution in [2.45, 2.75) is 50.2 Å². The number of anilines is 1. The zero-order valence-corrected chi connectivity index (χ0v) is 17.7. The van der Waals surface area contributed by atoms with Gasteiger partial charge in [-0.05, 0) is 44.4 Å². The smallest absolute Gasteiger partial charge is 0.265 e. The number of fused-ring (bicyclic) bond motifs is 1. The van der Waals surface area contributed by atoms with E-state index in [0.29, 0.717) is 18.6 Å². The highest BCUT2D eigenvalue weighted by Gasteiger charge is 2.39. The standard InChI is InChI=1S/C17H23N3O7S2/c1-3-14-17(22)18-12-10-11(7-8-15(12)27-14)29(25,26)19-16(21)13-6-5-9-20(13)28(23,24)4-2/h7-8,10,13-14H,3-6,9H2,1-2H3,(H,18,22)(H,19,21). The van der Waals surface area contributed by atoms with E-state index < -0.39 is 38.1 Å². The third kappa shape index (κ3) is 4.23. The molecule has 2 aliphatic heterocycles. The third-order valence-corrected chi connectivity index (χ3v) is 8.14. The topological polar surface area (TPSA) is 139 Å². The number of benzene rings is 1. The second kappa shape index (κ2) is 7.92. The highest BCUT2D eigenvalue weighted by molar-refractivity contribution is 7.90. The molecule has 0 radical (unpaired) electrons. The zero-order valence-electron chi connectivity index (χ0n) is 16.0. The number of nitrogens with zero attached hydrogens (tertiary/aromatic N) is 1. The Bertz CT molecular complexity index is 1040. The van der Waals surface area contributed by atoms with Crippen molar-refractivity contribution in [2.75, 3.05) is 17.6 Å². The Kier molecular flexibility index (Phi) is 5.88. The van der Waals surface area contributed by atoms with Gasteiger partial charge in [0.15, 0.2) is 6.10 Å². The van der Waals surface area contributed by atoms with Crippen molar-refractivity contribution < 1.29 is 31.2 Å². The monoisotopic (exact) mass is 445 g/mol. The molecule has 0 bridgehead atoms. The second-order valence-electron chi connectivity index (χ2n) is 6.80. The summed E-state index contributed by atoms with van der Waals surface area (Å²) in [5.74, 6) is -1.13. The lowest BCUT2D eigenvalue weighted by molar-refractivity contribution is -0.124. The molecular formula is C17H23N3O7S2. The van der Waals surface area contributed by atoms with E-state index >= 15 is 0 Å². The van der Waals surface area contributed by atoms with Crippen LogP contribution in [-0.4, -0.2) is 57.4 Å². The molecule has 2 unspecified atom stereocenters. The Labute approximate surface area is 169 Å². The number of sulfonamides is 2. The van der Waals surface area contributed by atoms with Gasteiger partial charge in [-0.2, -0.15) is 4.31 Å². The normalized spacial score (nSPS) is 22.5. The summed E-state index contributed by atoms with van der Waals surface area (Å²) in [6.45, 7) is 3.43. The van der Waals surface area contributed by atoms with Crippen molar-refractivity contribution in [3.63, 3.8) is 0 Å². The minimum absolute atomic E-state index is 0.174. The Morgan fingerprint density at radius 3 is 2.66 bits per heavy atom. The van der Waals surface area contributed by atoms with Crippen LogP contribution in [0.2, 0.25) is 0 Å². The molecule has 0 spiro atoms. The maximum absolute atomic E-state index is 12.7. The minimum Gasteiger partial charge on any atom is -0.478 e. The van der Waals surface area contributed by atoms with Gasteiger partial charge in [0.1, 0.15) is 11.8 Å². The lowest BCUT2D eigenvalue weighted by atomic mass is 10.2. The van der Waals surface area contributed by atoms with Crippen LogP contribution in [0.5, 0.6) is 5.75 Å². The van der Waals surface area contributed by atoms with Gasteiger partial charge in [0.05, 0.1) is 16.3 Å². The van der Waals surface area contributed by atoms with Gasteiger partial charge in [-0.1, -0.05) is 6.92 Å². The molecule has 160 valence electrons. The van der Waals surface area contributed by atoms with E-state index in [1.807, 2.05) is 4.72 Å². The molecule has 2 heterocycles. The fourth-order valence-electron chi connectivity index (χ4n) is 3.33. The fourth-order valence-corrected chi connectivity index (χ4v) is 5.69. The molecule has 1 aromatic rings. The number of carbonyl (C=O) groups excluding carboxylic acids is 2. The van der Waals surface area contributed by atoms with Gasteiger partial charge in [-0.25, -0.2) is 21.6 Å². The summed E-state index contributed by atoms with van der Waals surface area (Å²) in [5, 5.41) is 2.59. The third-order valence-electron chi connectivity index (χ3n) is 4.92. The summed E-state index contributed by atoms with van der Waals surface area (Å²) in [4.78, 5) is 24.2. The van der Waals surface area contributed by atoms with E-state index in [9.17, 15) is 26.4 Å². The SMILES string of the molecule is CCC1Oc2ccc(S(=O)(=O)NC(=O)C3CCCN3S(=O)(=O)CC)cc2NC1=O. The molecular weight excluding hydrogens is 422 g/mol. The van der Waals surface area contributed by atoms with Gasteiger partial charge in [-0.15, -0.1) is 0 Å². The number of hydrogen-bond donors (Lipinski definition) is 2. The molecule has 0 saturated carbocycles. The summed E-state index contributed by atoms with van der Waals surface area (Å²) < 4.78 is 58.1. The van der Waals surface area contributed by atoms with Gasteiger partial charge >= 0.3 is 0 Å². The highest BCUT2D eigenvalue weighted by Crippen LogP contribution is 2.32. The summed E-state index contributed by atoms with van der Waals surface area (Å²) in [6, 6.07) is 2.79. The van der Waals surface area contributed by atoms with Gasteiger partial charge in [0.2, 0.25) is 10.0 Å². The molecule has 12 heteroatoms. The van der Waals surface area contributed by atoms with Crippen molar-refractivity contribution in [3.8, 4) is 5.75 Å². The summed E-state index contributed by atoms with van der Waals surface area (Å²) in [5.41, 5.74) is 0.186. The lowest BCUT2D eigenvalue weighted by Gasteiger charge is -2.25. The predicted molar refractivity (Wildman–Crippen MR) is 104 cm³/mol. The highest BCUT2D eigenvalue weighted by atomic mass is 32.2. The molecule has 1 aromatic carbocycles. The van der Waals surface area contributed by atoms with Gasteiger partial charge < -0.3 is 10.1 Å². The number of carbonyl (C=O) groups is 2. The van der Waals surface area contributed by atoms with Crippen LogP contribution in [0.4, 0.5) is 5.69 Å². The van der Waals surface area contributed by atoms with Gasteiger partial charge in [0, 0.05) is 6.54 Å². The first-order valence-corrected chi connectivity index (χ1v) is 12.4. The first-order valence-electron chi connectivity index (χ1n) is 9.26. The van der Waals surface area contributed by atoms with E-state index in [4.69, 9.17) is 4.74 Å². The number of amides is 2. The van der Waals surface area contributed by atoms with Crippen molar-refractivity contribution in [1.29, 1.82) is 0 Å². The molecule has 2 atom stereocenters. The van der Waals surface area contributed by atoms with E-state index in [1.165, 1.54) is 25.1 Å². The molecule has 0 aliphatic carbocycles. The van der Waals surface area contributed by atoms with E-state index in [1.54, 1.807) is 6.92 Å². The molecule has 29 heavy (non-hydrogen) atoms. The average Bonchev–Trinajstić information content (AvgIpc) is 3.17. The van der Waals surface area contributed by atoms with Crippen molar-refractivity contribution >= 4 is 37.5 Å². The molecule has 10 nitrogen and oxygen atoms in total. The Morgan fingerprint density at radius 2 is 2.00 bits per heavy atom. The molecule has 2 N–H and O–H groups in total. The maximum atomic E-state index is 12.7.